The number of halogens is 1. The molecule has 4 nitrogen and oxygen atoms in total. The van der Waals surface area contributed by atoms with Gasteiger partial charge in [0, 0.05) is 22.0 Å². The average Bonchev–Trinajstić information content (AvgIpc) is 2.82. The van der Waals surface area contributed by atoms with Gasteiger partial charge in [-0.2, -0.15) is 0 Å². The van der Waals surface area contributed by atoms with Gasteiger partial charge in [-0.05, 0) is 25.1 Å². The highest BCUT2D eigenvalue weighted by molar-refractivity contribution is 7.16. The van der Waals surface area contributed by atoms with E-state index in [0.29, 0.717) is 10.6 Å². The number of anilines is 1. The molecule has 0 aliphatic rings. The van der Waals surface area contributed by atoms with Gasteiger partial charge in [-0.15, -0.1) is 11.3 Å². The second-order valence-corrected chi connectivity index (χ2v) is 5.98. The van der Waals surface area contributed by atoms with E-state index in [-0.39, 0.29) is 12.6 Å². The quantitative estimate of drug-likeness (QED) is 0.808. The third-order valence-electron chi connectivity index (χ3n) is 2.70. The summed E-state index contributed by atoms with van der Waals surface area (Å²) in [7, 11) is 0. The van der Waals surface area contributed by atoms with Crippen LogP contribution in [0.3, 0.4) is 0 Å². The molecule has 20 heavy (non-hydrogen) atoms. The fraction of sp³-hybridized carbons (Fsp3) is 0.214. The van der Waals surface area contributed by atoms with E-state index in [2.05, 4.69) is 10.6 Å². The first-order valence-electron chi connectivity index (χ1n) is 6.10. The Morgan fingerprint density at radius 3 is 2.75 bits per heavy atom. The van der Waals surface area contributed by atoms with Crippen molar-refractivity contribution in [2.45, 2.75) is 13.0 Å². The number of rotatable bonds is 4. The smallest absolute Gasteiger partial charge is 0.319 e. The molecule has 0 bridgehead atoms. The van der Waals surface area contributed by atoms with E-state index in [0.717, 1.165) is 9.88 Å². The lowest BCUT2D eigenvalue weighted by Crippen LogP contribution is -2.32. The predicted molar refractivity (Wildman–Crippen MR) is 82.5 cm³/mol. The van der Waals surface area contributed by atoms with Crippen LogP contribution >= 0.6 is 22.9 Å². The number of aliphatic hydroxyl groups excluding tert-OH is 1. The molecule has 6 heteroatoms. The van der Waals surface area contributed by atoms with Gasteiger partial charge in [-0.1, -0.05) is 29.8 Å². The summed E-state index contributed by atoms with van der Waals surface area (Å²) in [5, 5.41) is 16.6. The zero-order valence-corrected chi connectivity index (χ0v) is 12.5. The molecule has 1 aromatic carbocycles. The van der Waals surface area contributed by atoms with Crippen molar-refractivity contribution >= 4 is 34.0 Å². The number of aryl methyl sites for hydroxylation is 1. The van der Waals surface area contributed by atoms with Crippen molar-refractivity contribution < 1.29 is 9.90 Å². The zero-order chi connectivity index (χ0) is 14.5. The number of carbonyl (C=O) groups is 1. The first-order valence-corrected chi connectivity index (χ1v) is 7.29. The van der Waals surface area contributed by atoms with E-state index in [1.807, 2.05) is 19.1 Å². The third-order valence-corrected chi connectivity index (χ3v) is 3.96. The van der Waals surface area contributed by atoms with E-state index in [1.54, 1.807) is 24.3 Å². The SMILES string of the molecule is Cc1ccc(NC(=O)NCC(O)c2ccccc2Cl)s1. The lowest BCUT2D eigenvalue weighted by atomic mass is 10.1. The van der Waals surface area contributed by atoms with Crippen molar-refractivity contribution in [3.63, 3.8) is 0 Å². The van der Waals surface area contributed by atoms with E-state index in [1.165, 1.54) is 11.3 Å². The van der Waals surface area contributed by atoms with Crippen LogP contribution in [0.1, 0.15) is 16.5 Å². The predicted octanol–water partition coefficient (Wildman–Crippen LogP) is 3.57. The number of benzene rings is 1. The van der Waals surface area contributed by atoms with Crippen molar-refractivity contribution in [1.29, 1.82) is 0 Å². The summed E-state index contributed by atoms with van der Waals surface area (Å²) < 4.78 is 0. The maximum atomic E-state index is 11.7. The minimum absolute atomic E-state index is 0.0971. The van der Waals surface area contributed by atoms with Crippen molar-refractivity contribution in [2.24, 2.45) is 0 Å². The van der Waals surface area contributed by atoms with Gasteiger partial charge in [0.15, 0.2) is 0 Å². The van der Waals surface area contributed by atoms with E-state index < -0.39 is 6.10 Å². The second-order valence-electron chi connectivity index (χ2n) is 4.28. The van der Waals surface area contributed by atoms with Gasteiger partial charge in [-0.3, -0.25) is 5.32 Å². The van der Waals surface area contributed by atoms with Crippen LogP contribution < -0.4 is 10.6 Å². The highest BCUT2D eigenvalue weighted by Gasteiger charge is 2.12. The Kier molecular flexibility index (Phi) is 5.00. The van der Waals surface area contributed by atoms with Gasteiger partial charge in [-0.25, -0.2) is 4.79 Å². The van der Waals surface area contributed by atoms with Crippen molar-refractivity contribution in [2.75, 3.05) is 11.9 Å². The molecule has 1 aromatic heterocycles. The van der Waals surface area contributed by atoms with Crippen molar-refractivity contribution in [3.05, 3.63) is 51.9 Å². The Labute approximate surface area is 126 Å². The number of urea groups is 1. The fourth-order valence-electron chi connectivity index (χ4n) is 1.70. The van der Waals surface area contributed by atoms with Gasteiger partial charge >= 0.3 is 6.03 Å². The Morgan fingerprint density at radius 1 is 1.35 bits per heavy atom. The molecule has 2 rings (SSSR count). The van der Waals surface area contributed by atoms with E-state index in [4.69, 9.17) is 11.6 Å². The van der Waals surface area contributed by atoms with Crippen LogP contribution in [0, 0.1) is 6.92 Å². The minimum Gasteiger partial charge on any atom is -0.387 e. The molecule has 0 aliphatic carbocycles. The Morgan fingerprint density at radius 2 is 2.10 bits per heavy atom. The summed E-state index contributed by atoms with van der Waals surface area (Å²) in [6, 6.07) is 10.4. The van der Waals surface area contributed by atoms with Crippen LogP contribution in [0.5, 0.6) is 0 Å². The molecule has 106 valence electrons. The zero-order valence-electron chi connectivity index (χ0n) is 10.9. The minimum atomic E-state index is -0.834. The van der Waals surface area contributed by atoms with Gasteiger partial charge in [0.25, 0.3) is 0 Å². The molecule has 1 atom stereocenters. The van der Waals surface area contributed by atoms with Gasteiger partial charge in [0.05, 0.1) is 11.1 Å². The maximum absolute atomic E-state index is 11.7. The fourth-order valence-corrected chi connectivity index (χ4v) is 2.73. The molecule has 1 unspecified atom stereocenters. The third kappa shape index (κ3) is 3.96. The molecule has 0 fully saturated rings. The van der Waals surface area contributed by atoms with Gasteiger partial charge in [0.1, 0.15) is 0 Å². The summed E-state index contributed by atoms with van der Waals surface area (Å²) in [6.45, 7) is 2.06. The number of amides is 2. The Balaban J connectivity index is 1.85. The second kappa shape index (κ2) is 6.74. The first kappa shape index (κ1) is 14.8. The van der Waals surface area contributed by atoms with Gasteiger partial charge in [0.2, 0.25) is 0 Å². The average molecular weight is 311 g/mol. The standard InChI is InChI=1S/C14H15ClN2O2S/c1-9-6-7-13(20-9)17-14(19)16-8-12(18)10-4-2-3-5-11(10)15/h2-7,12,18H,8H2,1H3,(H2,16,17,19). The van der Waals surface area contributed by atoms with Crippen LogP contribution in [0.2, 0.25) is 5.02 Å². The topological polar surface area (TPSA) is 61.4 Å². The van der Waals surface area contributed by atoms with E-state index in [9.17, 15) is 9.90 Å². The number of hydrogen-bond acceptors (Lipinski definition) is 3. The molecule has 0 spiro atoms. The summed E-state index contributed by atoms with van der Waals surface area (Å²) >= 11 is 7.47. The number of carbonyl (C=O) groups excluding carboxylic acids is 1. The van der Waals surface area contributed by atoms with Crippen LogP contribution in [0.4, 0.5) is 9.80 Å². The maximum Gasteiger partial charge on any atom is 0.319 e. The number of hydrogen-bond donors (Lipinski definition) is 3. The normalized spacial score (nSPS) is 11.9. The summed E-state index contributed by atoms with van der Waals surface area (Å²) in [5.74, 6) is 0. The number of aliphatic hydroxyl groups is 1. The van der Waals surface area contributed by atoms with Crippen molar-refractivity contribution in [1.82, 2.24) is 5.32 Å². The van der Waals surface area contributed by atoms with Gasteiger partial charge < -0.3 is 10.4 Å². The summed E-state index contributed by atoms with van der Waals surface area (Å²) in [5.41, 5.74) is 0.599. The molecule has 0 radical (unpaired) electrons. The lowest BCUT2D eigenvalue weighted by Gasteiger charge is -2.13. The summed E-state index contributed by atoms with van der Waals surface area (Å²) in [6.07, 6.45) is -0.834. The Hall–Kier alpha value is -1.56. The molecule has 1 heterocycles. The highest BCUT2D eigenvalue weighted by atomic mass is 35.5. The van der Waals surface area contributed by atoms with Crippen molar-refractivity contribution in [3.8, 4) is 0 Å². The lowest BCUT2D eigenvalue weighted by molar-refractivity contribution is 0.175. The Bertz CT molecular complexity index is 600. The molecule has 0 saturated carbocycles. The van der Waals surface area contributed by atoms with Crippen LogP contribution in [-0.4, -0.2) is 17.7 Å². The van der Waals surface area contributed by atoms with Crippen LogP contribution in [-0.2, 0) is 0 Å². The molecular weight excluding hydrogens is 296 g/mol. The van der Waals surface area contributed by atoms with Crippen LogP contribution in [0.25, 0.3) is 0 Å². The highest BCUT2D eigenvalue weighted by Crippen LogP contribution is 2.22. The molecule has 2 aromatic rings. The first-order chi connectivity index (χ1) is 9.56. The van der Waals surface area contributed by atoms with E-state index >= 15 is 0 Å². The number of nitrogens with one attached hydrogen (secondary N) is 2. The molecular formula is C14H15ClN2O2S. The van der Waals surface area contributed by atoms with Crippen LogP contribution in [0.15, 0.2) is 36.4 Å². The largest absolute Gasteiger partial charge is 0.387 e. The number of thiophene rings is 1. The summed E-state index contributed by atoms with van der Waals surface area (Å²) in [4.78, 5) is 12.8. The molecule has 3 N–H and O–H groups in total. The molecule has 0 aliphatic heterocycles. The molecule has 2 amide bonds. The monoisotopic (exact) mass is 310 g/mol. The molecule has 0 saturated heterocycles.